The first-order valence-corrected chi connectivity index (χ1v) is 6.59. The fourth-order valence-corrected chi connectivity index (χ4v) is 2.55. The lowest BCUT2D eigenvalue weighted by Crippen LogP contribution is -2.47. The number of halogens is 1. The van der Waals surface area contributed by atoms with Crippen molar-refractivity contribution in [2.45, 2.75) is 18.9 Å². The third-order valence-corrected chi connectivity index (χ3v) is 3.75. The second-order valence-corrected chi connectivity index (χ2v) is 5.27. The van der Waals surface area contributed by atoms with E-state index in [-0.39, 0.29) is 0 Å². The van der Waals surface area contributed by atoms with E-state index in [1.165, 1.54) is 25.9 Å². The minimum absolute atomic E-state index is 0.863. The van der Waals surface area contributed by atoms with Crippen molar-refractivity contribution in [3.8, 4) is 0 Å². The maximum atomic E-state index is 4.32. The van der Waals surface area contributed by atoms with Crippen LogP contribution in [0, 0.1) is 0 Å². The largest absolute Gasteiger partial charge is 0.354 e. The van der Waals surface area contributed by atoms with E-state index in [2.05, 4.69) is 35.7 Å². The average Bonchev–Trinajstić information content (AvgIpc) is 3.13. The summed E-state index contributed by atoms with van der Waals surface area (Å²) < 4.78 is 0.863. The lowest BCUT2D eigenvalue weighted by molar-refractivity contribution is 0.247. The molecule has 1 saturated carbocycles. The number of aromatic nitrogens is 2. The highest BCUT2D eigenvalue weighted by molar-refractivity contribution is 9.10. The highest BCUT2D eigenvalue weighted by atomic mass is 79.9. The smallest absolute Gasteiger partial charge is 0.133 e. The second kappa shape index (κ2) is 4.30. The summed E-state index contributed by atoms with van der Waals surface area (Å²) in [5.74, 6) is 1.04. The van der Waals surface area contributed by atoms with Crippen molar-refractivity contribution in [1.29, 1.82) is 0 Å². The Morgan fingerprint density at radius 2 is 1.88 bits per heavy atom. The van der Waals surface area contributed by atoms with E-state index >= 15 is 0 Å². The van der Waals surface area contributed by atoms with Gasteiger partial charge in [0.15, 0.2) is 0 Å². The fraction of sp³-hybridized carbons (Fsp3) is 0.636. The van der Waals surface area contributed by atoms with Gasteiger partial charge < -0.3 is 4.90 Å². The van der Waals surface area contributed by atoms with Gasteiger partial charge in [0, 0.05) is 38.3 Å². The molecule has 0 spiro atoms. The van der Waals surface area contributed by atoms with Crippen LogP contribution in [0.1, 0.15) is 12.8 Å². The SMILES string of the molecule is Brc1cc(N2CCN(C3CC3)CC2)ncn1. The van der Waals surface area contributed by atoms with Crippen LogP contribution >= 0.6 is 15.9 Å². The lowest BCUT2D eigenvalue weighted by atomic mass is 10.3. The Morgan fingerprint density at radius 3 is 2.50 bits per heavy atom. The maximum Gasteiger partial charge on any atom is 0.133 e. The van der Waals surface area contributed by atoms with Gasteiger partial charge in [0.25, 0.3) is 0 Å². The van der Waals surface area contributed by atoms with Gasteiger partial charge in [-0.3, -0.25) is 4.90 Å². The minimum Gasteiger partial charge on any atom is -0.354 e. The fourth-order valence-electron chi connectivity index (χ4n) is 2.25. The van der Waals surface area contributed by atoms with Crippen LogP contribution in [0.15, 0.2) is 17.0 Å². The average molecular weight is 283 g/mol. The Labute approximate surface area is 104 Å². The molecule has 2 aliphatic rings. The van der Waals surface area contributed by atoms with Crippen molar-refractivity contribution < 1.29 is 0 Å². The molecule has 1 aromatic rings. The van der Waals surface area contributed by atoms with E-state index in [4.69, 9.17) is 0 Å². The van der Waals surface area contributed by atoms with Crippen LogP contribution in [0.4, 0.5) is 5.82 Å². The summed E-state index contributed by atoms with van der Waals surface area (Å²) in [5, 5.41) is 0. The van der Waals surface area contributed by atoms with E-state index in [0.717, 1.165) is 29.6 Å². The molecule has 16 heavy (non-hydrogen) atoms. The Kier molecular flexibility index (Phi) is 2.81. The molecule has 0 N–H and O–H groups in total. The number of piperazine rings is 1. The van der Waals surface area contributed by atoms with Gasteiger partial charge in [0.1, 0.15) is 16.7 Å². The van der Waals surface area contributed by atoms with Gasteiger partial charge in [0.05, 0.1) is 0 Å². The quantitative estimate of drug-likeness (QED) is 0.770. The van der Waals surface area contributed by atoms with Crippen molar-refractivity contribution in [2.75, 3.05) is 31.1 Å². The molecule has 0 amide bonds. The number of anilines is 1. The highest BCUT2D eigenvalue weighted by Gasteiger charge is 2.31. The summed E-state index contributed by atoms with van der Waals surface area (Å²) in [7, 11) is 0. The number of rotatable bonds is 2. The number of nitrogens with zero attached hydrogens (tertiary/aromatic N) is 4. The van der Waals surface area contributed by atoms with Crippen LogP contribution in [0.5, 0.6) is 0 Å². The zero-order valence-electron chi connectivity index (χ0n) is 9.14. The van der Waals surface area contributed by atoms with Crippen LogP contribution < -0.4 is 4.90 Å². The van der Waals surface area contributed by atoms with Crippen LogP contribution in [0.2, 0.25) is 0 Å². The maximum absolute atomic E-state index is 4.32. The Bertz CT molecular complexity index is 372. The topological polar surface area (TPSA) is 32.3 Å². The first kappa shape index (κ1) is 10.5. The van der Waals surface area contributed by atoms with Gasteiger partial charge >= 0.3 is 0 Å². The molecule has 0 aromatic carbocycles. The van der Waals surface area contributed by atoms with E-state index < -0.39 is 0 Å². The molecule has 2 heterocycles. The van der Waals surface area contributed by atoms with Gasteiger partial charge in [-0.2, -0.15) is 0 Å². The zero-order chi connectivity index (χ0) is 11.0. The molecule has 0 bridgehead atoms. The number of hydrogen-bond donors (Lipinski definition) is 0. The monoisotopic (exact) mass is 282 g/mol. The Balaban J connectivity index is 1.64. The molecule has 3 rings (SSSR count). The zero-order valence-corrected chi connectivity index (χ0v) is 10.7. The van der Waals surface area contributed by atoms with Crippen molar-refractivity contribution in [2.24, 2.45) is 0 Å². The van der Waals surface area contributed by atoms with E-state index in [9.17, 15) is 0 Å². The molecule has 1 aliphatic carbocycles. The van der Waals surface area contributed by atoms with Gasteiger partial charge in [-0.15, -0.1) is 0 Å². The normalized spacial score (nSPS) is 22.4. The lowest BCUT2D eigenvalue weighted by Gasteiger charge is -2.35. The molecule has 0 radical (unpaired) electrons. The van der Waals surface area contributed by atoms with Crippen molar-refractivity contribution >= 4 is 21.7 Å². The van der Waals surface area contributed by atoms with Crippen LogP contribution in [-0.2, 0) is 0 Å². The molecule has 4 nitrogen and oxygen atoms in total. The summed E-state index contributed by atoms with van der Waals surface area (Å²) in [6, 6.07) is 2.88. The number of hydrogen-bond acceptors (Lipinski definition) is 4. The third-order valence-electron chi connectivity index (χ3n) is 3.32. The molecule has 1 aromatic heterocycles. The van der Waals surface area contributed by atoms with Gasteiger partial charge in [-0.05, 0) is 28.8 Å². The molecule has 0 atom stereocenters. The molecular formula is C11H15BrN4. The third kappa shape index (κ3) is 2.20. The van der Waals surface area contributed by atoms with E-state index in [1.54, 1.807) is 6.33 Å². The molecule has 1 aliphatic heterocycles. The summed E-state index contributed by atoms with van der Waals surface area (Å²) in [5.41, 5.74) is 0. The van der Waals surface area contributed by atoms with Crippen molar-refractivity contribution in [3.63, 3.8) is 0 Å². The predicted molar refractivity (Wildman–Crippen MR) is 66.5 cm³/mol. The summed E-state index contributed by atoms with van der Waals surface area (Å²) in [6.07, 6.45) is 4.42. The van der Waals surface area contributed by atoms with E-state index in [1.807, 2.05) is 6.07 Å². The van der Waals surface area contributed by atoms with Crippen LogP contribution in [0.3, 0.4) is 0 Å². The molecule has 0 unspecified atom stereocenters. The first-order valence-electron chi connectivity index (χ1n) is 5.79. The summed E-state index contributed by atoms with van der Waals surface area (Å²) >= 11 is 3.39. The summed E-state index contributed by atoms with van der Waals surface area (Å²) in [6.45, 7) is 4.51. The first-order chi connectivity index (χ1) is 7.83. The predicted octanol–water partition coefficient (Wildman–Crippen LogP) is 1.52. The van der Waals surface area contributed by atoms with Gasteiger partial charge in [0.2, 0.25) is 0 Å². The van der Waals surface area contributed by atoms with Crippen LogP contribution in [-0.4, -0.2) is 47.1 Å². The molecule has 2 fully saturated rings. The highest BCUT2D eigenvalue weighted by Crippen LogP contribution is 2.28. The van der Waals surface area contributed by atoms with Gasteiger partial charge in [-0.1, -0.05) is 0 Å². The minimum atomic E-state index is 0.863. The van der Waals surface area contributed by atoms with Crippen molar-refractivity contribution in [3.05, 3.63) is 17.0 Å². The second-order valence-electron chi connectivity index (χ2n) is 4.45. The van der Waals surface area contributed by atoms with Gasteiger partial charge in [-0.25, -0.2) is 9.97 Å². The van der Waals surface area contributed by atoms with Crippen LogP contribution in [0.25, 0.3) is 0 Å². The Morgan fingerprint density at radius 1 is 1.12 bits per heavy atom. The Hall–Kier alpha value is -0.680. The standard InChI is InChI=1S/C11H15BrN4/c12-10-7-11(14-8-13-10)16-5-3-15(4-6-16)9-1-2-9/h7-9H,1-6H2. The van der Waals surface area contributed by atoms with Crippen molar-refractivity contribution in [1.82, 2.24) is 14.9 Å². The molecule has 5 heteroatoms. The molecule has 86 valence electrons. The molecular weight excluding hydrogens is 268 g/mol. The molecule has 1 saturated heterocycles. The van der Waals surface area contributed by atoms with E-state index in [0.29, 0.717) is 0 Å². The summed E-state index contributed by atoms with van der Waals surface area (Å²) in [4.78, 5) is 13.3.